The number of benzene rings is 3. The van der Waals surface area contributed by atoms with Crippen molar-refractivity contribution in [3.05, 3.63) is 109 Å². The third-order valence-electron chi connectivity index (χ3n) is 7.22. The molecular weight excluding hydrogens is 536 g/mol. The second-order valence-corrected chi connectivity index (χ2v) is 16.2. The minimum absolute atomic E-state index is 0.0656. The largest absolute Gasteiger partial charge is 0.462 e. The van der Waals surface area contributed by atoms with E-state index in [0.717, 1.165) is 12.8 Å². The summed E-state index contributed by atoms with van der Waals surface area (Å²) in [6, 6.07) is 30.1. The Morgan fingerprint density at radius 3 is 1.88 bits per heavy atom. The molecule has 2 atom stereocenters. The molecule has 1 N–H and O–H groups in total. The molecule has 0 aliphatic rings. The third kappa shape index (κ3) is 8.65. The molecule has 0 amide bonds. The lowest BCUT2D eigenvalue weighted by Crippen LogP contribution is -2.66. The molecule has 40 heavy (non-hydrogen) atoms. The first kappa shape index (κ1) is 31.8. The van der Waals surface area contributed by atoms with E-state index < -0.39 is 14.4 Å². The maximum absolute atomic E-state index is 12.0. The highest BCUT2D eigenvalue weighted by atomic mass is 35.5. The lowest BCUT2D eigenvalue weighted by molar-refractivity contribution is 0.0483. The van der Waals surface area contributed by atoms with Crippen LogP contribution in [0.5, 0.6) is 0 Å². The van der Waals surface area contributed by atoms with Crippen LogP contribution < -0.4 is 10.4 Å². The highest BCUT2D eigenvalue weighted by molar-refractivity contribution is 6.99. The number of aliphatic hydroxyl groups excluding tert-OH is 1. The summed E-state index contributed by atoms with van der Waals surface area (Å²) in [5.74, 6) is -0.352. The van der Waals surface area contributed by atoms with E-state index in [2.05, 4.69) is 75.9 Å². The first-order valence-corrected chi connectivity index (χ1v) is 16.5. The number of halogens is 1. The topological polar surface area (TPSA) is 55.8 Å². The van der Waals surface area contributed by atoms with Crippen LogP contribution in [-0.2, 0) is 9.16 Å². The average molecular weight is 579 g/mol. The number of aliphatic hydroxyl groups is 1. The zero-order chi connectivity index (χ0) is 29.0. The predicted octanol–water partition coefficient (Wildman–Crippen LogP) is 6.90. The van der Waals surface area contributed by atoms with Gasteiger partial charge in [0.1, 0.15) is 0 Å². The molecule has 0 fully saturated rings. The van der Waals surface area contributed by atoms with Gasteiger partial charge in [-0.25, -0.2) is 4.79 Å². The molecule has 0 bridgehead atoms. The van der Waals surface area contributed by atoms with E-state index >= 15 is 0 Å². The van der Waals surface area contributed by atoms with Gasteiger partial charge in [0.25, 0.3) is 8.32 Å². The van der Waals surface area contributed by atoms with Crippen molar-refractivity contribution >= 4 is 36.3 Å². The summed E-state index contributed by atoms with van der Waals surface area (Å²) < 4.78 is 12.3. The van der Waals surface area contributed by atoms with Crippen molar-refractivity contribution in [3.8, 4) is 0 Å². The fourth-order valence-electron chi connectivity index (χ4n) is 5.12. The molecule has 0 spiro atoms. The van der Waals surface area contributed by atoms with Gasteiger partial charge in [0.15, 0.2) is 0 Å². The van der Waals surface area contributed by atoms with Crippen LogP contribution in [0.4, 0.5) is 0 Å². The lowest BCUT2D eigenvalue weighted by Gasteiger charge is -2.43. The van der Waals surface area contributed by atoms with Crippen LogP contribution in [-0.4, -0.2) is 44.1 Å². The number of alkyl halides is 1. The van der Waals surface area contributed by atoms with Crippen molar-refractivity contribution < 1.29 is 19.1 Å². The zero-order valence-corrected chi connectivity index (χ0v) is 25.8. The third-order valence-corrected chi connectivity index (χ3v) is 12.6. The van der Waals surface area contributed by atoms with Crippen molar-refractivity contribution in [3.63, 3.8) is 0 Å². The van der Waals surface area contributed by atoms with Gasteiger partial charge < -0.3 is 14.3 Å². The van der Waals surface area contributed by atoms with Gasteiger partial charge in [0.2, 0.25) is 0 Å². The first-order valence-electron chi connectivity index (χ1n) is 14.1. The van der Waals surface area contributed by atoms with Crippen LogP contribution in [0.25, 0.3) is 0 Å². The van der Waals surface area contributed by atoms with Gasteiger partial charge in [0.05, 0.1) is 18.3 Å². The van der Waals surface area contributed by atoms with E-state index in [1.807, 2.05) is 18.2 Å². The van der Waals surface area contributed by atoms with E-state index in [4.69, 9.17) is 20.8 Å². The van der Waals surface area contributed by atoms with Gasteiger partial charge >= 0.3 is 5.97 Å². The molecule has 0 saturated heterocycles. The van der Waals surface area contributed by atoms with Crippen molar-refractivity contribution in [2.45, 2.75) is 69.4 Å². The van der Waals surface area contributed by atoms with Crippen LogP contribution >= 0.6 is 11.6 Å². The molecule has 0 saturated carbocycles. The molecule has 3 aromatic rings. The van der Waals surface area contributed by atoms with Crippen molar-refractivity contribution in [1.82, 2.24) is 0 Å². The van der Waals surface area contributed by atoms with E-state index in [9.17, 15) is 9.90 Å². The van der Waals surface area contributed by atoms with Crippen LogP contribution in [0, 0.1) is 0 Å². The van der Waals surface area contributed by atoms with Gasteiger partial charge in [-0.2, -0.15) is 0 Å². The number of ether oxygens (including phenoxy) is 1. The Kier molecular flexibility index (Phi) is 12.2. The summed E-state index contributed by atoms with van der Waals surface area (Å²) in [5, 5.41) is 12.9. The summed E-state index contributed by atoms with van der Waals surface area (Å²) in [7, 11) is -2.56. The number of esters is 1. The highest BCUT2D eigenvalue weighted by Crippen LogP contribution is 2.37. The van der Waals surface area contributed by atoms with E-state index in [1.54, 1.807) is 24.3 Å². The molecule has 214 valence electrons. The number of rotatable bonds is 15. The second-order valence-electron chi connectivity index (χ2n) is 11.3. The molecule has 0 aliphatic heterocycles. The standard InChI is InChI=1S/C34H43ClO4Si/c1-27(32(36)23-15-24-38-33(37)28-16-8-5-9-17-28)26-29(35)18-14-25-39-40(34(2,3)4,30-19-10-6-11-20-30)31-21-12-7-13-22-31/h5-13,16-17,19-22,29,32,36H,1,14-15,18,23-26H2,2-4H3/t29-,32+/m1/s1. The minimum atomic E-state index is -2.56. The Morgan fingerprint density at radius 2 is 1.35 bits per heavy atom. The molecule has 3 aromatic carbocycles. The fraction of sp³-hybridized carbons (Fsp3) is 0.382. The molecule has 0 unspecified atom stereocenters. The van der Waals surface area contributed by atoms with Gasteiger partial charge in [0, 0.05) is 12.0 Å². The normalized spacial score (nSPS) is 13.4. The Balaban J connectivity index is 1.47. The molecule has 6 heteroatoms. The Labute approximate surface area is 246 Å². The molecule has 0 heterocycles. The number of carbonyl (C=O) groups excluding carboxylic acids is 1. The molecule has 3 rings (SSSR count). The summed E-state index contributed by atoms with van der Waals surface area (Å²) in [6.07, 6.45) is 2.47. The van der Waals surface area contributed by atoms with E-state index in [-0.39, 0.29) is 23.0 Å². The van der Waals surface area contributed by atoms with Crippen LogP contribution in [0.2, 0.25) is 5.04 Å². The molecule has 0 aromatic heterocycles. The van der Waals surface area contributed by atoms with Crippen LogP contribution in [0.3, 0.4) is 0 Å². The van der Waals surface area contributed by atoms with Crippen LogP contribution in [0.15, 0.2) is 103 Å². The summed E-state index contributed by atoms with van der Waals surface area (Å²) in [5.41, 5.74) is 1.23. The number of hydrogen-bond donors (Lipinski definition) is 1. The van der Waals surface area contributed by atoms with Crippen LogP contribution in [0.1, 0.15) is 63.2 Å². The molecule has 0 radical (unpaired) electrons. The Bertz CT molecular complexity index is 1140. The first-order chi connectivity index (χ1) is 19.1. The molecular formula is C34H43ClO4Si. The van der Waals surface area contributed by atoms with E-state index in [1.165, 1.54) is 10.4 Å². The quantitative estimate of drug-likeness (QED) is 0.0701. The maximum atomic E-state index is 12.0. The van der Waals surface area contributed by atoms with Crippen molar-refractivity contribution in [2.24, 2.45) is 0 Å². The Morgan fingerprint density at radius 1 is 0.850 bits per heavy atom. The van der Waals surface area contributed by atoms with Crippen molar-refractivity contribution in [2.75, 3.05) is 13.2 Å². The van der Waals surface area contributed by atoms with Crippen molar-refractivity contribution in [1.29, 1.82) is 0 Å². The zero-order valence-electron chi connectivity index (χ0n) is 24.0. The highest BCUT2D eigenvalue weighted by Gasteiger charge is 2.49. The molecule has 4 nitrogen and oxygen atoms in total. The second kappa shape index (κ2) is 15.3. The SMILES string of the molecule is C=C(C[C@H](Cl)CCCO[Si](c1ccccc1)(c1ccccc1)C(C)(C)C)[C@@H](O)CCCOC(=O)c1ccccc1. The number of carbonyl (C=O) groups is 1. The fourth-order valence-corrected chi connectivity index (χ4v) is 10.1. The summed E-state index contributed by atoms with van der Waals surface area (Å²) >= 11 is 6.68. The maximum Gasteiger partial charge on any atom is 0.338 e. The summed E-state index contributed by atoms with van der Waals surface area (Å²) in [4.78, 5) is 12.0. The summed E-state index contributed by atoms with van der Waals surface area (Å²) in [6.45, 7) is 11.8. The lowest BCUT2D eigenvalue weighted by atomic mass is 10.0. The van der Waals surface area contributed by atoms with Gasteiger partial charge in [-0.1, -0.05) is 106 Å². The van der Waals surface area contributed by atoms with E-state index in [0.29, 0.717) is 37.0 Å². The van der Waals surface area contributed by atoms with Gasteiger partial charge in [-0.15, -0.1) is 11.6 Å². The van der Waals surface area contributed by atoms with Gasteiger partial charge in [-0.3, -0.25) is 0 Å². The molecule has 0 aliphatic carbocycles. The minimum Gasteiger partial charge on any atom is -0.462 e. The monoisotopic (exact) mass is 578 g/mol. The smallest absolute Gasteiger partial charge is 0.338 e. The Hall–Kier alpha value is -2.70. The average Bonchev–Trinajstić information content (AvgIpc) is 2.96. The van der Waals surface area contributed by atoms with Gasteiger partial charge in [-0.05, 0) is 65.2 Å². The number of hydrogen-bond acceptors (Lipinski definition) is 4. The predicted molar refractivity (Wildman–Crippen MR) is 168 cm³/mol.